The van der Waals surface area contributed by atoms with Gasteiger partial charge in [-0.05, 0) is 39.6 Å². The highest BCUT2D eigenvalue weighted by molar-refractivity contribution is 6.04. The molecule has 0 unspecified atom stereocenters. The van der Waals surface area contributed by atoms with Gasteiger partial charge in [0, 0.05) is 13.1 Å². The molecule has 3 aromatic carbocycles. The lowest BCUT2D eigenvalue weighted by molar-refractivity contribution is -0.137. The van der Waals surface area contributed by atoms with E-state index in [4.69, 9.17) is 0 Å². The van der Waals surface area contributed by atoms with Crippen LogP contribution in [-0.4, -0.2) is 13.0 Å². The number of carbonyl (C=O) groups excluding carboxylic acids is 1. The molecule has 0 fully saturated rings. The van der Waals surface area contributed by atoms with Gasteiger partial charge in [-0.2, -0.15) is 13.2 Å². The zero-order valence-corrected chi connectivity index (χ0v) is 14.0. The summed E-state index contributed by atoms with van der Waals surface area (Å²) in [6, 6.07) is 18.2. The Morgan fingerprint density at radius 2 is 1.58 bits per heavy atom. The third-order valence-electron chi connectivity index (χ3n) is 4.12. The molecule has 3 rings (SSSR count). The Morgan fingerprint density at radius 3 is 2.23 bits per heavy atom. The van der Waals surface area contributed by atoms with Crippen LogP contribution >= 0.6 is 0 Å². The van der Waals surface area contributed by atoms with Gasteiger partial charge in [0.05, 0.1) is 5.56 Å². The number of hydrogen-bond donors (Lipinski definition) is 1. The topological polar surface area (TPSA) is 29.1 Å². The fraction of sp³-hybridized carbons (Fsp3) is 0.0952. The van der Waals surface area contributed by atoms with E-state index in [0.717, 1.165) is 28.5 Å². The Labute approximate surface area is 149 Å². The third kappa shape index (κ3) is 3.61. The van der Waals surface area contributed by atoms with Crippen molar-refractivity contribution >= 4 is 22.3 Å². The number of nitrogens with one attached hydrogen (secondary N) is 1. The Kier molecular flexibility index (Phi) is 4.80. The normalized spacial score (nSPS) is 12.2. The van der Waals surface area contributed by atoms with Crippen LogP contribution in [0.5, 0.6) is 0 Å². The van der Waals surface area contributed by atoms with Gasteiger partial charge in [0.2, 0.25) is 5.91 Å². The van der Waals surface area contributed by atoms with Crippen LogP contribution in [0.15, 0.2) is 72.8 Å². The fourth-order valence-electron chi connectivity index (χ4n) is 2.82. The first-order chi connectivity index (χ1) is 12.4. The lowest BCUT2D eigenvalue weighted by Gasteiger charge is -2.13. The van der Waals surface area contributed by atoms with Crippen LogP contribution in [0.3, 0.4) is 0 Å². The van der Waals surface area contributed by atoms with Crippen molar-refractivity contribution in [3.05, 3.63) is 89.5 Å². The molecule has 3 aromatic rings. The summed E-state index contributed by atoms with van der Waals surface area (Å²) in [6.45, 7) is 0. The van der Waals surface area contributed by atoms with E-state index in [9.17, 15) is 18.0 Å². The monoisotopic (exact) mass is 355 g/mol. The first kappa shape index (κ1) is 17.7. The molecule has 0 aliphatic carbocycles. The molecule has 1 amide bonds. The molecule has 0 atom stereocenters. The number of hydrogen-bond acceptors (Lipinski definition) is 1. The van der Waals surface area contributed by atoms with Crippen molar-refractivity contribution in [1.29, 1.82) is 0 Å². The molecule has 0 saturated heterocycles. The Morgan fingerprint density at radius 1 is 0.923 bits per heavy atom. The smallest absolute Gasteiger partial charge is 0.356 e. The molecular weight excluding hydrogens is 339 g/mol. The van der Waals surface area contributed by atoms with Crippen molar-refractivity contribution in [1.82, 2.24) is 5.32 Å². The molecule has 1 N–H and O–H groups in total. The molecule has 0 aliphatic rings. The summed E-state index contributed by atoms with van der Waals surface area (Å²) in [5.41, 5.74) is 1.16. The van der Waals surface area contributed by atoms with Crippen molar-refractivity contribution < 1.29 is 18.0 Å². The summed E-state index contributed by atoms with van der Waals surface area (Å²) in [5, 5.41) is 4.43. The molecule has 0 aliphatic heterocycles. The van der Waals surface area contributed by atoms with Crippen LogP contribution in [0, 0.1) is 0 Å². The highest BCUT2D eigenvalue weighted by Gasteiger charge is 2.30. The van der Waals surface area contributed by atoms with E-state index in [1.807, 2.05) is 42.5 Å². The number of rotatable bonds is 3. The van der Waals surface area contributed by atoms with Gasteiger partial charge in [-0.15, -0.1) is 0 Å². The van der Waals surface area contributed by atoms with Crippen molar-refractivity contribution in [2.75, 3.05) is 7.05 Å². The minimum Gasteiger partial charge on any atom is -0.356 e. The summed E-state index contributed by atoms with van der Waals surface area (Å²) < 4.78 is 38.5. The summed E-state index contributed by atoms with van der Waals surface area (Å²) in [6.07, 6.45) is -2.99. The highest BCUT2D eigenvalue weighted by atomic mass is 19.4. The Balaban J connectivity index is 2.18. The first-order valence-corrected chi connectivity index (χ1v) is 7.99. The van der Waals surface area contributed by atoms with E-state index in [0.29, 0.717) is 11.1 Å². The van der Waals surface area contributed by atoms with Crippen LogP contribution in [0.1, 0.15) is 16.7 Å². The van der Waals surface area contributed by atoms with Crippen molar-refractivity contribution in [2.45, 2.75) is 6.18 Å². The maximum atomic E-state index is 12.8. The second kappa shape index (κ2) is 7.04. The molecule has 2 nitrogen and oxygen atoms in total. The number of fused-ring (bicyclic) bond motifs is 1. The molecule has 0 spiro atoms. The van der Waals surface area contributed by atoms with E-state index >= 15 is 0 Å². The fourth-order valence-corrected chi connectivity index (χ4v) is 2.82. The van der Waals surface area contributed by atoms with Crippen molar-refractivity contribution in [3.8, 4) is 0 Å². The Bertz CT molecular complexity index is 967. The first-order valence-electron chi connectivity index (χ1n) is 7.99. The van der Waals surface area contributed by atoms with Crippen molar-refractivity contribution in [2.24, 2.45) is 0 Å². The minimum atomic E-state index is -4.40. The zero-order chi connectivity index (χ0) is 18.7. The van der Waals surface area contributed by atoms with Gasteiger partial charge < -0.3 is 5.32 Å². The number of amides is 1. The van der Waals surface area contributed by atoms with Crippen LogP contribution in [0.4, 0.5) is 13.2 Å². The summed E-state index contributed by atoms with van der Waals surface area (Å²) >= 11 is 0. The molecule has 26 heavy (non-hydrogen) atoms. The Hall–Kier alpha value is -3.08. The number of halogens is 3. The maximum Gasteiger partial charge on any atom is 0.416 e. The predicted octanol–water partition coefficient (Wildman–Crippen LogP) is 5.04. The highest BCUT2D eigenvalue weighted by Crippen LogP contribution is 2.33. The molecule has 0 aromatic heterocycles. The molecule has 0 bridgehead atoms. The van der Waals surface area contributed by atoms with Gasteiger partial charge in [-0.1, -0.05) is 54.6 Å². The van der Waals surface area contributed by atoms with E-state index < -0.39 is 11.7 Å². The summed E-state index contributed by atoms with van der Waals surface area (Å²) in [5.74, 6) is -0.326. The molecule has 5 heteroatoms. The molecule has 0 radical (unpaired) electrons. The van der Waals surface area contributed by atoms with Gasteiger partial charge in [0.25, 0.3) is 0 Å². The average molecular weight is 355 g/mol. The van der Waals surface area contributed by atoms with E-state index in [1.54, 1.807) is 0 Å². The number of likely N-dealkylation sites (N-methyl/N-ethyl adjacent to an activating group) is 1. The van der Waals surface area contributed by atoms with E-state index in [1.165, 1.54) is 25.3 Å². The SMILES string of the molecule is CNC(=O)/C=C(\c1ccc(C(F)(F)F)cc1)c1cccc2ccccc12. The standard InChI is InChI=1S/C21H16F3NO/c1-25-20(26)13-19(15-9-11-16(12-10-15)21(22,23)24)18-8-4-6-14-5-2-3-7-17(14)18/h2-13H,1H3,(H,25,26)/b19-13+. The molecule has 0 heterocycles. The van der Waals surface area contributed by atoms with Crippen LogP contribution < -0.4 is 5.32 Å². The van der Waals surface area contributed by atoms with Gasteiger partial charge >= 0.3 is 6.18 Å². The van der Waals surface area contributed by atoms with E-state index in [2.05, 4.69) is 5.32 Å². The van der Waals surface area contributed by atoms with Gasteiger partial charge in [0.15, 0.2) is 0 Å². The number of alkyl halides is 3. The van der Waals surface area contributed by atoms with Crippen LogP contribution in [0.25, 0.3) is 16.3 Å². The average Bonchev–Trinajstić information content (AvgIpc) is 2.65. The molecule has 0 saturated carbocycles. The van der Waals surface area contributed by atoms with Gasteiger partial charge in [-0.25, -0.2) is 0 Å². The largest absolute Gasteiger partial charge is 0.416 e. The zero-order valence-electron chi connectivity index (χ0n) is 14.0. The second-order valence-electron chi connectivity index (χ2n) is 5.77. The number of carbonyl (C=O) groups is 1. The lowest BCUT2D eigenvalue weighted by Crippen LogP contribution is -2.15. The second-order valence-corrected chi connectivity index (χ2v) is 5.77. The minimum absolute atomic E-state index is 0.326. The van der Waals surface area contributed by atoms with Gasteiger partial charge in [-0.3, -0.25) is 4.79 Å². The third-order valence-corrected chi connectivity index (χ3v) is 4.12. The summed E-state index contributed by atoms with van der Waals surface area (Å²) in [4.78, 5) is 12.0. The number of benzene rings is 3. The van der Waals surface area contributed by atoms with E-state index in [-0.39, 0.29) is 5.91 Å². The summed E-state index contributed by atoms with van der Waals surface area (Å²) in [7, 11) is 1.51. The van der Waals surface area contributed by atoms with Crippen LogP contribution in [0.2, 0.25) is 0 Å². The van der Waals surface area contributed by atoms with Crippen LogP contribution in [-0.2, 0) is 11.0 Å². The molecular formula is C21H16F3NO. The van der Waals surface area contributed by atoms with Gasteiger partial charge in [0.1, 0.15) is 0 Å². The quantitative estimate of drug-likeness (QED) is 0.656. The lowest BCUT2D eigenvalue weighted by atomic mass is 9.92. The molecule has 132 valence electrons. The van der Waals surface area contributed by atoms with Crippen molar-refractivity contribution in [3.63, 3.8) is 0 Å². The maximum absolute atomic E-state index is 12.8. The predicted molar refractivity (Wildman–Crippen MR) is 96.5 cm³/mol.